The van der Waals surface area contributed by atoms with Gasteiger partial charge in [0.15, 0.2) is 0 Å². The Morgan fingerprint density at radius 3 is 3.23 bits per heavy atom. The van der Waals surface area contributed by atoms with Crippen LogP contribution in [0.1, 0.15) is 0 Å². The zero-order chi connectivity index (χ0) is 9.10. The van der Waals surface area contributed by atoms with E-state index in [1.807, 2.05) is 11.4 Å². The van der Waals surface area contributed by atoms with Crippen LogP contribution in [-0.2, 0) is 0 Å². The summed E-state index contributed by atoms with van der Waals surface area (Å²) in [7, 11) is 0. The average molecular weight is 214 g/mol. The highest BCUT2D eigenvalue weighted by atomic mass is 35.5. The van der Waals surface area contributed by atoms with Crippen molar-refractivity contribution in [3.8, 4) is 0 Å². The molecule has 0 aliphatic rings. The lowest BCUT2D eigenvalue weighted by molar-refractivity contribution is 1.15. The molecule has 2 heterocycles. The molecule has 68 valence electrons. The molecule has 0 aromatic carbocycles. The van der Waals surface area contributed by atoms with Crippen molar-refractivity contribution in [2.75, 3.05) is 17.7 Å². The molecule has 13 heavy (non-hydrogen) atoms. The van der Waals surface area contributed by atoms with Gasteiger partial charge in [-0.05, 0) is 11.4 Å². The maximum absolute atomic E-state index is 5.57. The third-order valence-corrected chi connectivity index (χ3v) is 2.66. The summed E-state index contributed by atoms with van der Waals surface area (Å²) in [5, 5.41) is 6.22. The summed E-state index contributed by atoms with van der Waals surface area (Å²) in [6.45, 7) is 0.726. The van der Waals surface area contributed by atoms with E-state index in [0.29, 0.717) is 5.88 Å². The van der Waals surface area contributed by atoms with E-state index in [2.05, 4.69) is 15.3 Å². The standard InChI is InChI=1S/C8H8ClN3S/c9-2-3-10-7-6-1-4-13-8(6)12-5-11-7/h1,4-5H,2-3H2,(H,10,11,12). The summed E-state index contributed by atoms with van der Waals surface area (Å²) in [5.74, 6) is 1.45. The van der Waals surface area contributed by atoms with Crippen LogP contribution in [0.4, 0.5) is 5.82 Å². The summed E-state index contributed by atoms with van der Waals surface area (Å²) in [6, 6.07) is 2.01. The first-order valence-electron chi connectivity index (χ1n) is 3.90. The number of thiophene rings is 1. The fraction of sp³-hybridized carbons (Fsp3) is 0.250. The number of hydrogen-bond donors (Lipinski definition) is 1. The SMILES string of the molecule is ClCCNc1ncnc2sccc12. The molecule has 0 unspecified atom stereocenters. The van der Waals surface area contributed by atoms with Gasteiger partial charge in [0.25, 0.3) is 0 Å². The second-order valence-corrected chi connectivity index (χ2v) is 3.75. The molecule has 1 N–H and O–H groups in total. The van der Waals surface area contributed by atoms with Crippen LogP contribution in [0.2, 0.25) is 0 Å². The fourth-order valence-electron chi connectivity index (χ4n) is 1.10. The van der Waals surface area contributed by atoms with Gasteiger partial charge in [-0.3, -0.25) is 0 Å². The van der Waals surface area contributed by atoms with Gasteiger partial charge in [-0.1, -0.05) is 0 Å². The first-order valence-corrected chi connectivity index (χ1v) is 5.31. The van der Waals surface area contributed by atoms with Crippen LogP contribution < -0.4 is 5.32 Å². The molecular weight excluding hydrogens is 206 g/mol. The first-order chi connectivity index (χ1) is 6.42. The maximum Gasteiger partial charge on any atom is 0.138 e. The van der Waals surface area contributed by atoms with Gasteiger partial charge in [0.1, 0.15) is 17.0 Å². The number of nitrogens with zero attached hydrogens (tertiary/aromatic N) is 2. The lowest BCUT2D eigenvalue weighted by Crippen LogP contribution is -2.04. The highest BCUT2D eigenvalue weighted by Gasteiger charge is 2.02. The quantitative estimate of drug-likeness (QED) is 0.796. The van der Waals surface area contributed by atoms with E-state index in [0.717, 1.165) is 22.6 Å². The molecule has 0 saturated carbocycles. The molecule has 0 fully saturated rings. The van der Waals surface area contributed by atoms with E-state index < -0.39 is 0 Å². The lowest BCUT2D eigenvalue weighted by Gasteiger charge is -2.02. The monoisotopic (exact) mass is 213 g/mol. The number of hydrogen-bond acceptors (Lipinski definition) is 4. The van der Waals surface area contributed by atoms with Crippen LogP contribution in [-0.4, -0.2) is 22.4 Å². The van der Waals surface area contributed by atoms with Crippen LogP contribution in [0.15, 0.2) is 17.8 Å². The number of nitrogens with one attached hydrogen (secondary N) is 1. The molecular formula is C8H8ClN3S. The molecule has 0 spiro atoms. The van der Waals surface area contributed by atoms with Crippen LogP contribution in [0, 0.1) is 0 Å². The Balaban J connectivity index is 2.37. The van der Waals surface area contributed by atoms with Crippen LogP contribution in [0.5, 0.6) is 0 Å². The van der Waals surface area contributed by atoms with Crippen molar-refractivity contribution in [2.45, 2.75) is 0 Å². The largest absolute Gasteiger partial charge is 0.368 e. The summed E-state index contributed by atoms with van der Waals surface area (Å²) in [4.78, 5) is 9.29. The molecule has 2 aromatic rings. The van der Waals surface area contributed by atoms with Crippen molar-refractivity contribution >= 4 is 39.0 Å². The smallest absolute Gasteiger partial charge is 0.138 e. The van der Waals surface area contributed by atoms with E-state index in [4.69, 9.17) is 11.6 Å². The first kappa shape index (κ1) is 8.72. The summed E-state index contributed by atoms with van der Waals surface area (Å²) in [6.07, 6.45) is 1.56. The number of fused-ring (bicyclic) bond motifs is 1. The Hall–Kier alpha value is -0.870. The normalized spacial score (nSPS) is 10.5. The summed E-state index contributed by atoms with van der Waals surface area (Å²) >= 11 is 7.18. The molecule has 0 aliphatic carbocycles. The third kappa shape index (κ3) is 1.73. The van der Waals surface area contributed by atoms with Gasteiger partial charge >= 0.3 is 0 Å². The predicted molar refractivity (Wildman–Crippen MR) is 56.6 cm³/mol. The molecule has 5 heteroatoms. The fourth-order valence-corrected chi connectivity index (χ4v) is 1.92. The van der Waals surface area contributed by atoms with Crippen molar-refractivity contribution in [3.05, 3.63) is 17.8 Å². The average Bonchev–Trinajstić information content (AvgIpc) is 2.62. The minimum absolute atomic E-state index is 0.579. The van der Waals surface area contributed by atoms with Gasteiger partial charge in [-0.25, -0.2) is 9.97 Å². The zero-order valence-corrected chi connectivity index (χ0v) is 8.40. The van der Waals surface area contributed by atoms with Crippen molar-refractivity contribution in [1.82, 2.24) is 9.97 Å². The van der Waals surface area contributed by atoms with Gasteiger partial charge in [-0.2, -0.15) is 0 Å². The Kier molecular flexibility index (Phi) is 2.61. The number of alkyl halides is 1. The Labute approximate surface area is 84.8 Å². The van der Waals surface area contributed by atoms with Crippen LogP contribution in [0.25, 0.3) is 10.2 Å². The molecule has 0 bridgehead atoms. The van der Waals surface area contributed by atoms with Gasteiger partial charge in [0.05, 0.1) is 5.39 Å². The van der Waals surface area contributed by atoms with Crippen molar-refractivity contribution in [3.63, 3.8) is 0 Å². The second kappa shape index (κ2) is 3.89. The highest BCUT2D eigenvalue weighted by Crippen LogP contribution is 2.23. The van der Waals surface area contributed by atoms with Crippen molar-refractivity contribution < 1.29 is 0 Å². The molecule has 3 nitrogen and oxygen atoms in total. The van der Waals surface area contributed by atoms with Crippen molar-refractivity contribution in [2.24, 2.45) is 0 Å². The zero-order valence-electron chi connectivity index (χ0n) is 6.83. The predicted octanol–water partition coefficient (Wildman–Crippen LogP) is 2.34. The third-order valence-electron chi connectivity index (χ3n) is 1.65. The van der Waals surface area contributed by atoms with Crippen molar-refractivity contribution in [1.29, 1.82) is 0 Å². The Bertz CT molecular complexity index is 401. The molecule has 0 saturated heterocycles. The molecule has 0 aliphatic heterocycles. The van der Waals surface area contributed by atoms with E-state index in [1.54, 1.807) is 17.7 Å². The number of anilines is 1. The molecule has 0 radical (unpaired) electrons. The minimum Gasteiger partial charge on any atom is -0.368 e. The van der Waals surface area contributed by atoms with Gasteiger partial charge in [0, 0.05) is 12.4 Å². The molecule has 0 amide bonds. The second-order valence-electron chi connectivity index (χ2n) is 2.48. The van der Waals surface area contributed by atoms with Gasteiger partial charge < -0.3 is 5.32 Å². The maximum atomic E-state index is 5.57. The summed E-state index contributed by atoms with van der Waals surface area (Å²) < 4.78 is 0. The van der Waals surface area contributed by atoms with Gasteiger partial charge in [-0.15, -0.1) is 22.9 Å². The topological polar surface area (TPSA) is 37.8 Å². The molecule has 2 rings (SSSR count). The molecule has 2 aromatic heterocycles. The number of halogens is 1. The van der Waals surface area contributed by atoms with E-state index in [9.17, 15) is 0 Å². The van der Waals surface area contributed by atoms with Gasteiger partial charge in [0.2, 0.25) is 0 Å². The number of rotatable bonds is 3. The van der Waals surface area contributed by atoms with E-state index in [1.165, 1.54) is 0 Å². The lowest BCUT2D eigenvalue weighted by atomic mass is 10.4. The van der Waals surface area contributed by atoms with E-state index in [-0.39, 0.29) is 0 Å². The number of aromatic nitrogens is 2. The highest BCUT2D eigenvalue weighted by molar-refractivity contribution is 7.16. The molecule has 0 atom stereocenters. The van der Waals surface area contributed by atoms with Crippen LogP contribution >= 0.6 is 22.9 Å². The Morgan fingerprint density at radius 2 is 2.38 bits per heavy atom. The van der Waals surface area contributed by atoms with E-state index >= 15 is 0 Å². The summed E-state index contributed by atoms with van der Waals surface area (Å²) in [5.41, 5.74) is 0. The minimum atomic E-state index is 0.579. The van der Waals surface area contributed by atoms with Crippen LogP contribution in [0.3, 0.4) is 0 Å². The Morgan fingerprint density at radius 1 is 1.46 bits per heavy atom.